The lowest BCUT2D eigenvalue weighted by atomic mass is 9.90. The van der Waals surface area contributed by atoms with E-state index in [1.54, 1.807) is 12.1 Å². The smallest absolute Gasteiger partial charge is 0.220 e. The fourth-order valence-corrected chi connectivity index (χ4v) is 2.48. The van der Waals surface area contributed by atoms with Crippen molar-refractivity contribution in [1.82, 2.24) is 5.32 Å². The topological polar surface area (TPSA) is 72.2 Å². The number of Topliss-reactive ketones (excluding diaryl/α,β-unsaturated/α-hetero) is 1. The van der Waals surface area contributed by atoms with Crippen LogP contribution in [0.25, 0.3) is 0 Å². The van der Waals surface area contributed by atoms with Crippen molar-refractivity contribution >= 4 is 24.1 Å². The fraction of sp³-hybridized carbons (Fsp3) is 0.529. The monoisotopic (exact) mass is 326 g/mol. The van der Waals surface area contributed by atoms with Crippen molar-refractivity contribution in [3.05, 3.63) is 35.9 Å². The van der Waals surface area contributed by atoms with E-state index in [1.165, 1.54) is 0 Å². The largest absolute Gasteiger partial charge is 0.350 e. The summed E-state index contributed by atoms with van der Waals surface area (Å²) in [7, 11) is 0. The van der Waals surface area contributed by atoms with Gasteiger partial charge in [0.1, 0.15) is 0 Å². The molecule has 3 N–H and O–H groups in total. The fourth-order valence-electron chi connectivity index (χ4n) is 2.48. The highest BCUT2D eigenvalue weighted by atomic mass is 35.5. The molecular weight excluding hydrogens is 300 g/mol. The van der Waals surface area contributed by atoms with Gasteiger partial charge in [-0.25, -0.2) is 0 Å². The zero-order chi connectivity index (χ0) is 15.9. The van der Waals surface area contributed by atoms with Crippen LogP contribution in [-0.2, 0) is 4.79 Å². The van der Waals surface area contributed by atoms with Gasteiger partial charge < -0.3 is 11.1 Å². The van der Waals surface area contributed by atoms with Crippen molar-refractivity contribution in [2.45, 2.75) is 45.6 Å². The Morgan fingerprint density at radius 3 is 2.27 bits per heavy atom. The minimum atomic E-state index is -0.402. The Kier molecular flexibility index (Phi) is 8.99. The number of rotatable bonds is 8. The maximum absolute atomic E-state index is 12.0. The van der Waals surface area contributed by atoms with E-state index in [4.69, 9.17) is 5.73 Å². The lowest BCUT2D eigenvalue weighted by molar-refractivity contribution is -0.122. The molecule has 0 heterocycles. The van der Waals surface area contributed by atoms with Gasteiger partial charge in [-0.3, -0.25) is 9.59 Å². The van der Waals surface area contributed by atoms with Gasteiger partial charge in [0.05, 0.1) is 0 Å². The molecule has 0 aromatic heterocycles. The number of ketones is 1. The summed E-state index contributed by atoms with van der Waals surface area (Å²) in [5.74, 6) is 0.321. The molecule has 1 rings (SSSR count). The molecule has 1 aromatic carbocycles. The first kappa shape index (κ1) is 20.6. The molecule has 1 unspecified atom stereocenters. The van der Waals surface area contributed by atoms with Gasteiger partial charge in [0.15, 0.2) is 5.78 Å². The van der Waals surface area contributed by atoms with E-state index in [1.807, 2.05) is 25.1 Å². The van der Waals surface area contributed by atoms with Gasteiger partial charge in [-0.1, -0.05) is 44.2 Å². The number of nitrogens with two attached hydrogens (primary N) is 1. The second kappa shape index (κ2) is 9.59. The lowest BCUT2D eigenvalue weighted by Crippen LogP contribution is -2.52. The molecule has 4 nitrogen and oxygen atoms in total. The van der Waals surface area contributed by atoms with Gasteiger partial charge >= 0.3 is 0 Å². The Hall–Kier alpha value is -1.39. The van der Waals surface area contributed by atoms with Crippen molar-refractivity contribution in [1.29, 1.82) is 0 Å². The third-order valence-corrected chi connectivity index (χ3v) is 3.43. The third-order valence-electron chi connectivity index (χ3n) is 3.43. The first-order valence-electron chi connectivity index (χ1n) is 7.45. The Morgan fingerprint density at radius 1 is 1.18 bits per heavy atom. The molecule has 124 valence electrons. The number of benzene rings is 1. The number of amides is 1. The molecule has 1 atom stereocenters. The van der Waals surface area contributed by atoms with Crippen LogP contribution in [0.15, 0.2) is 30.3 Å². The van der Waals surface area contributed by atoms with Crippen LogP contribution >= 0.6 is 12.4 Å². The Balaban J connectivity index is 0.00000441. The van der Waals surface area contributed by atoms with Crippen LogP contribution in [0.1, 0.15) is 50.4 Å². The zero-order valence-corrected chi connectivity index (χ0v) is 14.4. The van der Waals surface area contributed by atoms with Crippen molar-refractivity contribution in [2.24, 2.45) is 11.7 Å². The van der Waals surface area contributed by atoms with Crippen molar-refractivity contribution < 1.29 is 9.59 Å². The quantitative estimate of drug-likeness (QED) is 0.721. The molecule has 0 aliphatic rings. The molecule has 0 aliphatic heterocycles. The van der Waals surface area contributed by atoms with Crippen LogP contribution in [0.2, 0.25) is 0 Å². The van der Waals surface area contributed by atoms with Crippen LogP contribution in [-0.4, -0.2) is 23.8 Å². The van der Waals surface area contributed by atoms with Gasteiger partial charge in [0, 0.05) is 30.5 Å². The Morgan fingerprint density at radius 2 is 1.77 bits per heavy atom. The maximum Gasteiger partial charge on any atom is 0.220 e. The summed E-state index contributed by atoms with van der Waals surface area (Å²) in [6.07, 6.45) is 1.24. The van der Waals surface area contributed by atoms with E-state index in [0.717, 1.165) is 6.42 Å². The Labute approximate surface area is 139 Å². The van der Waals surface area contributed by atoms with Crippen LogP contribution in [0, 0.1) is 5.92 Å². The zero-order valence-electron chi connectivity index (χ0n) is 13.6. The average molecular weight is 327 g/mol. The molecule has 0 fully saturated rings. The van der Waals surface area contributed by atoms with Crippen LogP contribution in [0.5, 0.6) is 0 Å². The molecule has 0 bridgehead atoms. The molecule has 0 saturated carbocycles. The van der Waals surface area contributed by atoms with Crippen LogP contribution in [0.4, 0.5) is 0 Å². The predicted octanol–water partition coefficient (Wildman–Crippen LogP) is 2.95. The van der Waals surface area contributed by atoms with Gasteiger partial charge in [-0.2, -0.15) is 0 Å². The summed E-state index contributed by atoms with van der Waals surface area (Å²) in [5, 5.41) is 2.97. The van der Waals surface area contributed by atoms with Gasteiger partial charge in [0.25, 0.3) is 0 Å². The molecule has 1 aromatic rings. The lowest BCUT2D eigenvalue weighted by Gasteiger charge is -2.31. The molecule has 0 spiro atoms. The van der Waals surface area contributed by atoms with E-state index >= 15 is 0 Å². The second-order valence-electron chi connectivity index (χ2n) is 6.20. The predicted molar refractivity (Wildman–Crippen MR) is 92.3 cm³/mol. The molecule has 0 aliphatic carbocycles. The second-order valence-corrected chi connectivity index (χ2v) is 6.20. The van der Waals surface area contributed by atoms with E-state index < -0.39 is 5.54 Å². The molecule has 0 saturated heterocycles. The molecular formula is C17H27ClN2O2. The first-order chi connectivity index (χ1) is 9.86. The van der Waals surface area contributed by atoms with E-state index in [9.17, 15) is 9.59 Å². The number of nitrogens with one attached hydrogen (secondary N) is 1. The van der Waals surface area contributed by atoms with Crippen LogP contribution in [0.3, 0.4) is 0 Å². The van der Waals surface area contributed by atoms with Gasteiger partial charge in [-0.05, 0) is 19.3 Å². The number of hydrogen-bond acceptors (Lipinski definition) is 3. The summed E-state index contributed by atoms with van der Waals surface area (Å²) in [6, 6.07) is 9.04. The number of hydrogen-bond donors (Lipinski definition) is 2. The molecule has 22 heavy (non-hydrogen) atoms. The SMILES string of the molecule is CC(C)CC(C)(CN)NC(=O)CCC(=O)c1ccccc1.Cl. The standard InChI is InChI=1S/C17H26N2O2.ClH/c1-13(2)11-17(3,12-18)19-16(21)10-9-15(20)14-7-5-4-6-8-14;/h4-8,13H,9-12,18H2,1-3H3,(H,19,21);1H. The molecule has 5 heteroatoms. The summed E-state index contributed by atoms with van der Waals surface area (Å²) in [5.41, 5.74) is 6.01. The molecule has 0 radical (unpaired) electrons. The van der Waals surface area contributed by atoms with Gasteiger partial charge in [0.2, 0.25) is 5.91 Å². The highest BCUT2D eigenvalue weighted by Crippen LogP contribution is 2.15. The van der Waals surface area contributed by atoms with E-state index in [2.05, 4.69) is 19.2 Å². The highest BCUT2D eigenvalue weighted by molar-refractivity contribution is 5.97. The van der Waals surface area contributed by atoms with E-state index in [0.29, 0.717) is 18.0 Å². The van der Waals surface area contributed by atoms with Gasteiger partial charge in [-0.15, -0.1) is 12.4 Å². The third kappa shape index (κ3) is 7.05. The van der Waals surface area contributed by atoms with Crippen molar-refractivity contribution in [3.63, 3.8) is 0 Å². The summed E-state index contributed by atoms with van der Waals surface area (Å²) in [6.45, 7) is 6.53. The average Bonchev–Trinajstić information content (AvgIpc) is 2.44. The first-order valence-corrected chi connectivity index (χ1v) is 7.45. The maximum atomic E-state index is 12.0. The van der Waals surface area contributed by atoms with Crippen molar-refractivity contribution in [3.8, 4) is 0 Å². The minimum Gasteiger partial charge on any atom is -0.350 e. The number of halogens is 1. The summed E-state index contributed by atoms with van der Waals surface area (Å²) in [4.78, 5) is 24.0. The summed E-state index contributed by atoms with van der Waals surface area (Å²) >= 11 is 0. The number of carbonyl (C=O) groups excluding carboxylic acids is 2. The Bertz CT molecular complexity index is 477. The highest BCUT2D eigenvalue weighted by Gasteiger charge is 2.25. The number of carbonyl (C=O) groups is 2. The minimum absolute atomic E-state index is 0. The summed E-state index contributed by atoms with van der Waals surface area (Å²) < 4.78 is 0. The van der Waals surface area contributed by atoms with E-state index in [-0.39, 0.29) is 36.9 Å². The van der Waals surface area contributed by atoms with Crippen LogP contribution < -0.4 is 11.1 Å². The normalized spacial score (nSPS) is 13.1. The van der Waals surface area contributed by atoms with Crippen molar-refractivity contribution in [2.75, 3.05) is 6.54 Å². The molecule has 1 amide bonds.